The van der Waals surface area contributed by atoms with E-state index in [4.69, 9.17) is 0 Å². The molecular weight excluding hydrogens is 412 g/mol. The predicted molar refractivity (Wildman–Crippen MR) is 118 cm³/mol. The molecule has 0 aliphatic carbocycles. The van der Waals surface area contributed by atoms with Crippen molar-refractivity contribution in [3.63, 3.8) is 0 Å². The SMILES string of the molecule is CCC(C(=O)c1ccccc1Br)C(C(=CO)c1ccccc1)c1ccccc1. The van der Waals surface area contributed by atoms with Crippen LogP contribution in [-0.4, -0.2) is 10.9 Å². The molecule has 0 aromatic heterocycles. The highest BCUT2D eigenvalue weighted by molar-refractivity contribution is 9.10. The van der Waals surface area contributed by atoms with Gasteiger partial charge in [0.05, 0.1) is 6.26 Å². The van der Waals surface area contributed by atoms with Crippen LogP contribution < -0.4 is 0 Å². The number of hydrogen-bond donors (Lipinski definition) is 1. The number of benzene rings is 3. The predicted octanol–water partition coefficient (Wildman–Crippen LogP) is 7.04. The van der Waals surface area contributed by atoms with E-state index in [0.717, 1.165) is 27.4 Å². The molecule has 0 aliphatic rings. The van der Waals surface area contributed by atoms with Crippen LogP contribution in [0.2, 0.25) is 0 Å². The summed E-state index contributed by atoms with van der Waals surface area (Å²) in [6, 6.07) is 27.2. The smallest absolute Gasteiger partial charge is 0.168 e. The second-order valence-corrected chi connectivity index (χ2v) is 7.55. The fourth-order valence-corrected chi connectivity index (χ4v) is 4.17. The molecule has 2 unspecified atom stereocenters. The Morgan fingerprint density at radius 2 is 1.50 bits per heavy atom. The Labute approximate surface area is 174 Å². The van der Waals surface area contributed by atoms with Crippen LogP contribution in [0.1, 0.15) is 40.7 Å². The fourth-order valence-electron chi connectivity index (χ4n) is 3.69. The highest BCUT2D eigenvalue weighted by Crippen LogP contribution is 2.41. The van der Waals surface area contributed by atoms with Gasteiger partial charge in [-0.1, -0.05) is 102 Å². The van der Waals surface area contributed by atoms with Gasteiger partial charge in [-0.15, -0.1) is 0 Å². The number of ketones is 1. The Balaban J connectivity index is 2.12. The van der Waals surface area contributed by atoms with E-state index in [0.29, 0.717) is 12.0 Å². The minimum atomic E-state index is -0.306. The lowest BCUT2D eigenvalue weighted by Crippen LogP contribution is -2.24. The summed E-state index contributed by atoms with van der Waals surface area (Å²) in [5, 5.41) is 10.2. The first-order chi connectivity index (χ1) is 13.7. The number of halogens is 1. The van der Waals surface area contributed by atoms with Gasteiger partial charge in [-0.2, -0.15) is 0 Å². The van der Waals surface area contributed by atoms with Crippen molar-refractivity contribution in [1.29, 1.82) is 0 Å². The van der Waals surface area contributed by atoms with Gasteiger partial charge in [0.1, 0.15) is 0 Å². The Hall–Kier alpha value is -2.65. The van der Waals surface area contributed by atoms with Crippen molar-refractivity contribution in [2.75, 3.05) is 0 Å². The Bertz CT molecular complexity index is 949. The topological polar surface area (TPSA) is 37.3 Å². The van der Waals surface area contributed by atoms with E-state index < -0.39 is 0 Å². The molecule has 28 heavy (non-hydrogen) atoms. The molecule has 0 radical (unpaired) electrons. The first-order valence-corrected chi connectivity index (χ1v) is 10.2. The van der Waals surface area contributed by atoms with Gasteiger partial charge >= 0.3 is 0 Å². The average molecular weight is 435 g/mol. The standard InChI is InChI=1S/C25H23BrO2/c1-2-20(25(28)21-15-9-10-16-23(21)26)24(19-13-7-4-8-14-19)22(17-27)18-11-5-3-6-12-18/h3-17,20,24,27H,2H2,1H3. The van der Waals surface area contributed by atoms with Gasteiger partial charge < -0.3 is 5.11 Å². The van der Waals surface area contributed by atoms with E-state index in [9.17, 15) is 9.90 Å². The van der Waals surface area contributed by atoms with Gasteiger partial charge in [0.25, 0.3) is 0 Å². The lowest BCUT2D eigenvalue weighted by atomic mass is 9.74. The minimum Gasteiger partial charge on any atom is -0.515 e. The van der Waals surface area contributed by atoms with Crippen molar-refractivity contribution in [2.24, 2.45) is 5.92 Å². The van der Waals surface area contributed by atoms with Crippen LogP contribution in [-0.2, 0) is 0 Å². The maximum atomic E-state index is 13.5. The van der Waals surface area contributed by atoms with Crippen LogP contribution >= 0.6 is 15.9 Å². The normalized spacial score (nSPS) is 13.7. The van der Waals surface area contributed by atoms with Crippen LogP contribution in [0.25, 0.3) is 5.57 Å². The molecule has 0 fully saturated rings. The molecule has 0 saturated carbocycles. The molecule has 0 aliphatic heterocycles. The number of carbonyl (C=O) groups excluding carboxylic acids is 1. The molecule has 2 atom stereocenters. The Kier molecular flexibility index (Phi) is 6.83. The number of rotatable bonds is 7. The minimum absolute atomic E-state index is 0.0686. The maximum Gasteiger partial charge on any atom is 0.168 e. The van der Waals surface area contributed by atoms with E-state index in [1.54, 1.807) is 0 Å². The summed E-state index contributed by atoms with van der Waals surface area (Å²) in [6.45, 7) is 2.02. The van der Waals surface area contributed by atoms with E-state index in [1.165, 1.54) is 0 Å². The van der Waals surface area contributed by atoms with E-state index in [-0.39, 0.29) is 17.6 Å². The summed E-state index contributed by atoms with van der Waals surface area (Å²) >= 11 is 3.51. The first kappa shape index (κ1) is 20.1. The second-order valence-electron chi connectivity index (χ2n) is 6.70. The largest absolute Gasteiger partial charge is 0.515 e. The van der Waals surface area contributed by atoms with Crippen molar-refractivity contribution >= 4 is 27.3 Å². The highest BCUT2D eigenvalue weighted by atomic mass is 79.9. The molecule has 3 heteroatoms. The van der Waals surface area contributed by atoms with E-state index in [1.807, 2.05) is 91.9 Å². The monoisotopic (exact) mass is 434 g/mol. The van der Waals surface area contributed by atoms with Crippen LogP contribution in [0.3, 0.4) is 0 Å². The summed E-state index contributed by atoms with van der Waals surface area (Å²) in [7, 11) is 0. The molecule has 0 spiro atoms. The maximum absolute atomic E-state index is 13.5. The van der Waals surface area contributed by atoms with Gasteiger partial charge in [0, 0.05) is 27.4 Å². The van der Waals surface area contributed by atoms with Crippen molar-refractivity contribution < 1.29 is 9.90 Å². The quantitative estimate of drug-likeness (QED) is 0.319. The Morgan fingerprint density at radius 3 is 2.07 bits per heavy atom. The number of allylic oxidation sites excluding steroid dienone is 1. The van der Waals surface area contributed by atoms with Gasteiger partial charge in [-0.25, -0.2) is 0 Å². The van der Waals surface area contributed by atoms with Crippen molar-refractivity contribution in [3.8, 4) is 0 Å². The van der Waals surface area contributed by atoms with Crippen molar-refractivity contribution in [2.45, 2.75) is 19.3 Å². The zero-order chi connectivity index (χ0) is 19.9. The third-order valence-electron chi connectivity index (χ3n) is 5.06. The number of carbonyl (C=O) groups is 1. The molecule has 1 N–H and O–H groups in total. The Morgan fingerprint density at radius 1 is 0.929 bits per heavy atom. The van der Waals surface area contributed by atoms with Gasteiger partial charge in [0.15, 0.2) is 5.78 Å². The van der Waals surface area contributed by atoms with Gasteiger partial charge in [-0.05, 0) is 23.6 Å². The summed E-state index contributed by atoms with van der Waals surface area (Å²) < 4.78 is 0.791. The zero-order valence-corrected chi connectivity index (χ0v) is 17.3. The van der Waals surface area contributed by atoms with Crippen LogP contribution in [0.4, 0.5) is 0 Å². The number of aliphatic hydroxyl groups excluding tert-OH is 1. The highest BCUT2D eigenvalue weighted by Gasteiger charge is 2.33. The first-order valence-electron chi connectivity index (χ1n) is 9.40. The third kappa shape index (κ3) is 4.26. The summed E-state index contributed by atoms with van der Waals surface area (Å²) in [6.07, 6.45) is 1.81. The molecule has 3 rings (SSSR count). The third-order valence-corrected chi connectivity index (χ3v) is 5.75. The van der Waals surface area contributed by atoms with Crippen molar-refractivity contribution in [3.05, 3.63) is 112 Å². The van der Waals surface area contributed by atoms with E-state index in [2.05, 4.69) is 15.9 Å². The molecule has 2 nitrogen and oxygen atoms in total. The molecule has 3 aromatic rings. The molecule has 0 heterocycles. The fraction of sp³-hybridized carbons (Fsp3) is 0.160. The lowest BCUT2D eigenvalue weighted by molar-refractivity contribution is 0.0907. The number of Topliss-reactive ketones (excluding diaryl/α,β-unsaturated/α-hetero) is 1. The summed E-state index contributed by atoms with van der Waals surface area (Å²) in [4.78, 5) is 13.5. The summed E-state index contributed by atoms with van der Waals surface area (Å²) in [5.41, 5.74) is 3.34. The lowest BCUT2D eigenvalue weighted by Gasteiger charge is -2.28. The molecule has 0 bridgehead atoms. The number of hydrogen-bond acceptors (Lipinski definition) is 2. The molecule has 142 valence electrons. The van der Waals surface area contributed by atoms with Crippen LogP contribution in [0.5, 0.6) is 0 Å². The zero-order valence-electron chi connectivity index (χ0n) is 15.8. The molecule has 0 saturated heterocycles. The van der Waals surface area contributed by atoms with Crippen LogP contribution in [0.15, 0.2) is 95.7 Å². The van der Waals surface area contributed by atoms with Crippen molar-refractivity contribution in [1.82, 2.24) is 0 Å². The molecule has 0 amide bonds. The van der Waals surface area contributed by atoms with E-state index >= 15 is 0 Å². The number of aliphatic hydroxyl groups is 1. The summed E-state index contributed by atoms with van der Waals surface area (Å²) in [5.74, 6) is -0.489. The molecular formula is C25H23BrO2. The second kappa shape index (κ2) is 9.52. The average Bonchev–Trinajstić information content (AvgIpc) is 2.75. The van der Waals surface area contributed by atoms with Gasteiger partial charge in [-0.3, -0.25) is 4.79 Å². The van der Waals surface area contributed by atoms with Crippen LogP contribution in [0, 0.1) is 5.92 Å². The molecule has 3 aromatic carbocycles. The van der Waals surface area contributed by atoms with Gasteiger partial charge in [0.2, 0.25) is 0 Å².